The van der Waals surface area contributed by atoms with Gasteiger partial charge in [0.2, 0.25) is 0 Å². The Labute approximate surface area is 87.1 Å². The van der Waals surface area contributed by atoms with Crippen molar-refractivity contribution in [1.29, 1.82) is 0 Å². The molecule has 3 rings (SSSR count). The Morgan fingerprint density at radius 2 is 2.20 bits per heavy atom. The fraction of sp³-hybridized carbons (Fsp3) is 0.167. The maximum atomic E-state index is 11.7. The number of rotatable bonds is 0. The normalized spacial score (nSPS) is 14.8. The van der Waals surface area contributed by atoms with Gasteiger partial charge in [0.15, 0.2) is 5.78 Å². The van der Waals surface area contributed by atoms with Crippen LogP contribution in [-0.4, -0.2) is 17.3 Å². The molecule has 15 heavy (non-hydrogen) atoms. The number of pyridine rings is 1. The molecule has 1 aromatic heterocycles. The van der Waals surface area contributed by atoms with E-state index in [9.17, 15) is 4.79 Å². The van der Waals surface area contributed by atoms with Crippen molar-refractivity contribution >= 4 is 22.4 Å². The summed E-state index contributed by atoms with van der Waals surface area (Å²) in [6.07, 6.45) is 2.33. The second-order valence-electron chi connectivity index (χ2n) is 3.66. The van der Waals surface area contributed by atoms with Gasteiger partial charge in [0.05, 0.1) is 11.2 Å². The molecule has 2 aromatic rings. The first-order chi connectivity index (χ1) is 7.36. The summed E-state index contributed by atoms with van der Waals surface area (Å²) in [6, 6.07) is 7.74. The van der Waals surface area contributed by atoms with Crippen LogP contribution >= 0.6 is 0 Å². The predicted molar refractivity (Wildman–Crippen MR) is 59.2 cm³/mol. The summed E-state index contributed by atoms with van der Waals surface area (Å²) in [5.74, 6) is 0.205. The van der Waals surface area contributed by atoms with E-state index < -0.39 is 0 Å². The molecule has 1 N–H and O–H groups in total. The summed E-state index contributed by atoms with van der Waals surface area (Å²) in [5.41, 5.74) is 2.56. The van der Waals surface area contributed by atoms with Crippen LogP contribution in [0.4, 0.5) is 5.69 Å². The van der Waals surface area contributed by atoms with E-state index in [0.29, 0.717) is 13.0 Å². The lowest BCUT2D eigenvalue weighted by Gasteiger charge is -2.18. The van der Waals surface area contributed by atoms with Crippen molar-refractivity contribution in [3.8, 4) is 0 Å². The van der Waals surface area contributed by atoms with Crippen LogP contribution in [0.15, 0.2) is 30.5 Å². The van der Waals surface area contributed by atoms with Gasteiger partial charge in [-0.1, -0.05) is 12.1 Å². The van der Waals surface area contributed by atoms with E-state index in [0.717, 1.165) is 22.2 Å². The minimum Gasteiger partial charge on any atom is -0.382 e. The molecule has 0 spiro atoms. The van der Waals surface area contributed by atoms with Crippen molar-refractivity contribution < 1.29 is 4.79 Å². The number of anilines is 1. The lowest BCUT2D eigenvalue weighted by molar-refractivity contribution is 0.0984. The van der Waals surface area contributed by atoms with Crippen LogP contribution in [0.3, 0.4) is 0 Å². The molecule has 0 fully saturated rings. The molecule has 0 amide bonds. The number of Topliss-reactive ketones (excluding diaryl/α,β-unsaturated/α-hetero) is 1. The SMILES string of the molecule is O=C1CCNc2c1ccc1cccnc21. The molecular weight excluding hydrogens is 188 g/mol. The molecule has 0 bridgehead atoms. The highest BCUT2D eigenvalue weighted by atomic mass is 16.1. The van der Waals surface area contributed by atoms with E-state index in [1.54, 1.807) is 6.20 Å². The van der Waals surface area contributed by atoms with Crippen LogP contribution in [0.25, 0.3) is 10.9 Å². The molecule has 0 saturated carbocycles. The number of nitrogens with one attached hydrogen (secondary N) is 1. The third kappa shape index (κ3) is 1.20. The number of hydrogen-bond donors (Lipinski definition) is 1. The van der Waals surface area contributed by atoms with Gasteiger partial charge in [-0.05, 0) is 12.1 Å². The summed E-state index contributed by atoms with van der Waals surface area (Å²) in [7, 11) is 0. The van der Waals surface area contributed by atoms with Crippen LogP contribution in [0, 0.1) is 0 Å². The van der Waals surface area contributed by atoms with Crippen LogP contribution < -0.4 is 5.32 Å². The van der Waals surface area contributed by atoms with Gasteiger partial charge in [-0.2, -0.15) is 0 Å². The molecule has 3 nitrogen and oxygen atoms in total. The smallest absolute Gasteiger partial charge is 0.166 e. The summed E-state index contributed by atoms with van der Waals surface area (Å²) in [5, 5.41) is 4.32. The van der Waals surface area contributed by atoms with Gasteiger partial charge in [-0.15, -0.1) is 0 Å². The average Bonchev–Trinajstić information content (AvgIpc) is 2.29. The molecule has 3 heteroatoms. The van der Waals surface area contributed by atoms with Crippen molar-refractivity contribution in [1.82, 2.24) is 4.98 Å². The first-order valence-electron chi connectivity index (χ1n) is 5.01. The maximum absolute atomic E-state index is 11.7. The van der Waals surface area contributed by atoms with E-state index in [2.05, 4.69) is 10.3 Å². The van der Waals surface area contributed by atoms with Gasteiger partial charge < -0.3 is 5.32 Å². The second kappa shape index (κ2) is 3.05. The van der Waals surface area contributed by atoms with Gasteiger partial charge in [0, 0.05) is 30.1 Å². The third-order valence-electron chi connectivity index (χ3n) is 2.73. The van der Waals surface area contributed by atoms with E-state index >= 15 is 0 Å². The van der Waals surface area contributed by atoms with Crippen molar-refractivity contribution in [2.45, 2.75) is 6.42 Å². The molecular formula is C12H10N2O. The van der Waals surface area contributed by atoms with E-state index in [1.807, 2.05) is 24.3 Å². The number of nitrogens with zero attached hydrogens (tertiary/aromatic N) is 1. The molecule has 0 unspecified atom stereocenters. The van der Waals surface area contributed by atoms with E-state index in [1.165, 1.54) is 0 Å². The Balaban J connectivity index is 2.38. The molecule has 1 aromatic carbocycles. The van der Waals surface area contributed by atoms with E-state index in [4.69, 9.17) is 0 Å². The molecule has 74 valence electrons. The van der Waals surface area contributed by atoms with Crippen LogP contribution in [0.2, 0.25) is 0 Å². The summed E-state index contributed by atoms with van der Waals surface area (Å²) in [4.78, 5) is 16.0. The topological polar surface area (TPSA) is 42.0 Å². The maximum Gasteiger partial charge on any atom is 0.166 e. The third-order valence-corrected chi connectivity index (χ3v) is 2.73. The minimum atomic E-state index is 0.205. The lowest BCUT2D eigenvalue weighted by Crippen LogP contribution is -2.18. The highest BCUT2D eigenvalue weighted by Crippen LogP contribution is 2.29. The average molecular weight is 198 g/mol. The van der Waals surface area contributed by atoms with Crippen molar-refractivity contribution in [2.24, 2.45) is 0 Å². The number of aromatic nitrogens is 1. The van der Waals surface area contributed by atoms with Crippen molar-refractivity contribution in [3.05, 3.63) is 36.0 Å². The zero-order valence-corrected chi connectivity index (χ0v) is 8.16. The van der Waals surface area contributed by atoms with Gasteiger partial charge in [0.25, 0.3) is 0 Å². The standard InChI is InChI=1S/C12H10N2O/c15-10-5-7-14-12-9(10)4-3-8-2-1-6-13-11(8)12/h1-4,6,14H,5,7H2. The number of fused-ring (bicyclic) bond motifs is 3. The van der Waals surface area contributed by atoms with Crippen LogP contribution in [0.1, 0.15) is 16.8 Å². The van der Waals surface area contributed by atoms with Crippen molar-refractivity contribution in [3.63, 3.8) is 0 Å². The Hall–Kier alpha value is -1.90. The highest BCUT2D eigenvalue weighted by Gasteiger charge is 2.18. The summed E-state index contributed by atoms with van der Waals surface area (Å²) in [6.45, 7) is 0.710. The number of hydrogen-bond acceptors (Lipinski definition) is 3. The molecule has 1 aliphatic rings. The van der Waals surface area contributed by atoms with Gasteiger partial charge in [-0.25, -0.2) is 0 Å². The summed E-state index contributed by atoms with van der Waals surface area (Å²) >= 11 is 0. The Kier molecular flexibility index (Phi) is 1.71. The van der Waals surface area contributed by atoms with Gasteiger partial charge >= 0.3 is 0 Å². The summed E-state index contributed by atoms with van der Waals surface area (Å²) < 4.78 is 0. The largest absolute Gasteiger partial charge is 0.382 e. The quantitative estimate of drug-likeness (QED) is 0.705. The minimum absolute atomic E-state index is 0.205. The van der Waals surface area contributed by atoms with Gasteiger partial charge in [0.1, 0.15) is 0 Å². The molecule has 0 atom stereocenters. The highest BCUT2D eigenvalue weighted by molar-refractivity contribution is 6.09. The zero-order chi connectivity index (χ0) is 10.3. The molecule has 0 saturated heterocycles. The fourth-order valence-electron chi connectivity index (χ4n) is 1.99. The predicted octanol–water partition coefficient (Wildman–Crippen LogP) is 2.23. The molecule has 1 aliphatic heterocycles. The first kappa shape index (κ1) is 8.41. The first-order valence-corrected chi connectivity index (χ1v) is 5.01. The zero-order valence-electron chi connectivity index (χ0n) is 8.16. The fourth-order valence-corrected chi connectivity index (χ4v) is 1.99. The van der Waals surface area contributed by atoms with Gasteiger partial charge in [-0.3, -0.25) is 9.78 Å². The second-order valence-corrected chi connectivity index (χ2v) is 3.66. The monoisotopic (exact) mass is 198 g/mol. The number of ketones is 1. The molecule has 0 aliphatic carbocycles. The Bertz CT molecular complexity index is 548. The van der Waals surface area contributed by atoms with Crippen LogP contribution in [0.5, 0.6) is 0 Å². The molecule has 2 heterocycles. The Morgan fingerprint density at radius 3 is 3.13 bits per heavy atom. The van der Waals surface area contributed by atoms with E-state index in [-0.39, 0.29) is 5.78 Å². The number of carbonyl (C=O) groups excluding carboxylic acids is 1. The van der Waals surface area contributed by atoms with Crippen molar-refractivity contribution in [2.75, 3.05) is 11.9 Å². The molecule has 0 radical (unpaired) electrons. The number of benzene rings is 1. The Morgan fingerprint density at radius 1 is 1.27 bits per heavy atom. The number of carbonyl (C=O) groups is 1. The van der Waals surface area contributed by atoms with Crippen LogP contribution in [-0.2, 0) is 0 Å². The lowest BCUT2D eigenvalue weighted by atomic mass is 9.99.